The Bertz CT molecular complexity index is 859. The van der Waals surface area contributed by atoms with Crippen LogP contribution in [0.4, 0.5) is 5.82 Å². The number of benzene rings is 1. The average molecular weight is 359 g/mol. The number of ether oxygens (including phenoxy) is 2. The molecule has 138 valence electrons. The van der Waals surface area contributed by atoms with Gasteiger partial charge in [-0.25, -0.2) is 4.68 Å². The van der Waals surface area contributed by atoms with Gasteiger partial charge in [0, 0.05) is 17.9 Å². The number of esters is 1. The second-order valence-electron chi connectivity index (χ2n) is 6.05. The van der Waals surface area contributed by atoms with Crippen LogP contribution in [0.3, 0.4) is 0 Å². The molecule has 2 N–H and O–H groups in total. The first-order valence-electron chi connectivity index (χ1n) is 8.34. The highest BCUT2D eigenvalue weighted by Crippen LogP contribution is 2.41. The number of carbonyl (C=O) groups is 2. The molecule has 0 saturated heterocycles. The van der Waals surface area contributed by atoms with E-state index in [2.05, 4.69) is 10.4 Å². The van der Waals surface area contributed by atoms with Gasteiger partial charge in [-0.1, -0.05) is 6.07 Å². The van der Waals surface area contributed by atoms with Gasteiger partial charge in [-0.2, -0.15) is 5.10 Å². The molecule has 1 aromatic carbocycles. The largest absolute Gasteiger partial charge is 0.504 e. The summed E-state index contributed by atoms with van der Waals surface area (Å²) in [5.74, 6) is -0.00393. The van der Waals surface area contributed by atoms with E-state index in [9.17, 15) is 14.7 Å². The number of hydrogen-bond acceptors (Lipinski definition) is 6. The topological polar surface area (TPSA) is 103 Å². The molecule has 0 saturated carbocycles. The Morgan fingerprint density at radius 1 is 1.46 bits per heavy atom. The summed E-state index contributed by atoms with van der Waals surface area (Å²) in [5, 5.41) is 17.3. The van der Waals surface area contributed by atoms with Gasteiger partial charge in [-0.3, -0.25) is 9.59 Å². The van der Waals surface area contributed by atoms with Crippen molar-refractivity contribution >= 4 is 17.7 Å². The molecule has 1 aliphatic heterocycles. The lowest BCUT2D eigenvalue weighted by atomic mass is 9.85. The maximum atomic E-state index is 12.2. The van der Waals surface area contributed by atoms with E-state index in [0.717, 1.165) is 11.1 Å². The highest BCUT2D eigenvalue weighted by molar-refractivity contribution is 5.95. The van der Waals surface area contributed by atoms with E-state index in [0.29, 0.717) is 17.3 Å². The van der Waals surface area contributed by atoms with Gasteiger partial charge in [-0.05, 0) is 31.5 Å². The number of fused-ring (bicyclic) bond motifs is 1. The molecule has 8 heteroatoms. The Kier molecular flexibility index (Phi) is 4.83. The monoisotopic (exact) mass is 359 g/mol. The van der Waals surface area contributed by atoms with Crippen molar-refractivity contribution in [1.29, 1.82) is 0 Å². The van der Waals surface area contributed by atoms with Crippen molar-refractivity contribution in [1.82, 2.24) is 9.78 Å². The molecule has 2 heterocycles. The summed E-state index contributed by atoms with van der Waals surface area (Å²) in [6, 6.07) is 5.07. The minimum Gasteiger partial charge on any atom is -0.504 e. The number of nitrogens with one attached hydrogen (secondary N) is 1. The highest BCUT2D eigenvalue weighted by atomic mass is 16.5. The zero-order valence-electron chi connectivity index (χ0n) is 14.9. The number of phenolic OH excluding ortho intramolecular Hbond substituents is 1. The molecular weight excluding hydrogens is 338 g/mol. The van der Waals surface area contributed by atoms with Crippen molar-refractivity contribution in [2.45, 2.75) is 32.7 Å². The normalized spacial score (nSPS) is 16.0. The van der Waals surface area contributed by atoms with Crippen molar-refractivity contribution in [3.8, 4) is 11.5 Å². The van der Waals surface area contributed by atoms with E-state index >= 15 is 0 Å². The molecule has 2 aromatic rings. The zero-order valence-corrected chi connectivity index (χ0v) is 14.9. The quantitative estimate of drug-likeness (QED) is 0.791. The second kappa shape index (κ2) is 7.07. The summed E-state index contributed by atoms with van der Waals surface area (Å²) < 4.78 is 11.5. The number of anilines is 1. The molecule has 1 aliphatic rings. The zero-order chi connectivity index (χ0) is 18.8. The number of aryl methyl sites for hydroxylation is 1. The van der Waals surface area contributed by atoms with E-state index in [4.69, 9.17) is 9.47 Å². The van der Waals surface area contributed by atoms with Crippen molar-refractivity contribution in [3.63, 3.8) is 0 Å². The number of amides is 1. The molecule has 26 heavy (non-hydrogen) atoms. The van der Waals surface area contributed by atoms with Crippen LogP contribution in [-0.4, -0.2) is 40.5 Å². The predicted molar refractivity (Wildman–Crippen MR) is 93.3 cm³/mol. The van der Waals surface area contributed by atoms with Crippen molar-refractivity contribution in [3.05, 3.63) is 35.0 Å². The number of carbonyl (C=O) groups excluding carboxylic acids is 2. The van der Waals surface area contributed by atoms with Gasteiger partial charge in [-0.15, -0.1) is 0 Å². The Morgan fingerprint density at radius 2 is 2.23 bits per heavy atom. The molecule has 1 amide bonds. The predicted octanol–water partition coefficient (Wildman–Crippen LogP) is 1.94. The minimum absolute atomic E-state index is 0.00843. The number of phenols is 1. The van der Waals surface area contributed by atoms with Crippen molar-refractivity contribution in [2.24, 2.45) is 0 Å². The fraction of sp³-hybridized carbons (Fsp3) is 0.389. The van der Waals surface area contributed by atoms with Crippen molar-refractivity contribution in [2.75, 3.05) is 19.0 Å². The highest BCUT2D eigenvalue weighted by Gasteiger charge is 2.33. The standard InChI is InChI=1S/C18H21N3O5/c1-4-26-16(24)9-21-18-17(10(2)20-21)12(8-15(23)19-18)11-5-6-14(25-3)13(22)7-11/h5-7,12,22H,4,8-9H2,1-3H3,(H,19,23). The maximum absolute atomic E-state index is 12.2. The van der Waals surface area contributed by atoms with Crippen LogP contribution in [0.5, 0.6) is 11.5 Å². The van der Waals surface area contributed by atoms with Gasteiger partial charge < -0.3 is 19.9 Å². The van der Waals surface area contributed by atoms with Gasteiger partial charge in [0.2, 0.25) is 5.91 Å². The fourth-order valence-corrected chi connectivity index (χ4v) is 3.27. The number of aromatic nitrogens is 2. The summed E-state index contributed by atoms with van der Waals surface area (Å²) in [7, 11) is 1.48. The van der Waals surface area contributed by atoms with Gasteiger partial charge in [0.25, 0.3) is 0 Å². The number of methoxy groups -OCH3 is 1. The van der Waals surface area contributed by atoms with Crippen LogP contribution in [0.15, 0.2) is 18.2 Å². The molecule has 8 nitrogen and oxygen atoms in total. The van der Waals surface area contributed by atoms with Gasteiger partial charge in [0.05, 0.1) is 19.4 Å². The molecule has 0 spiro atoms. The molecule has 0 radical (unpaired) electrons. The Labute approximate surface area is 150 Å². The smallest absolute Gasteiger partial charge is 0.327 e. The van der Waals surface area contributed by atoms with Crippen LogP contribution in [0.1, 0.15) is 36.1 Å². The molecule has 0 aliphatic carbocycles. The van der Waals surface area contributed by atoms with Crippen LogP contribution in [0, 0.1) is 6.92 Å². The molecule has 3 rings (SSSR count). The third kappa shape index (κ3) is 3.22. The van der Waals surface area contributed by atoms with Crippen LogP contribution in [-0.2, 0) is 20.9 Å². The lowest BCUT2D eigenvalue weighted by Crippen LogP contribution is -2.26. The summed E-state index contributed by atoms with van der Waals surface area (Å²) in [4.78, 5) is 24.0. The Hall–Kier alpha value is -3.03. The summed E-state index contributed by atoms with van der Waals surface area (Å²) >= 11 is 0. The molecule has 1 aromatic heterocycles. The molecule has 1 unspecified atom stereocenters. The Balaban J connectivity index is 2.01. The first-order chi connectivity index (χ1) is 12.4. The number of aromatic hydroxyl groups is 1. The first kappa shape index (κ1) is 17.8. The van der Waals surface area contributed by atoms with E-state index in [1.54, 1.807) is 19.1 Å². The van der Waals surface area contributed by atoms with E-state index in [1.807, 2.05) is 13.0 Å². The molecule has 1 atom stereocenters. The van der Waals surface area contributed by atoms with E-state index < -0.39 is 5.97 Å². The van der Waals surface area contributed by atoms with E-state index in [-0.39, 0.29) is 37.1 Å². The number of hydrogen-bond donors (Lipinski definition) is 2. The summed E-state index contributed by atoms with van der Waals surface area (Å²) in [6.45, 7) is 3.76. The van der Waals surface area contributed by atoms with Gasteiger partial charge in [0.15, 0.2) is 11.5 Å². The maximum Gasteiger partial charge on any atom is 0.327 e. The number of rotatable bonds is 5. The SMILES string of the molecule is CCOC(=O)Cn1nc(C)c2c1NC(=O)CC2c1ccc(OC)c(O)c1. The molecule has 0 bridgehead atoms. The van der Waals surface area contributed by atoms with Crippen LogP contribution in [0.2, 0.25) is 0 Å². The molecule has 0 fully saturated rings. The van der Waals surface area contributed by atoms with Gasteiger partial charge in [0.1, 0.15) is 12.4 Å². The Morgan fingerprint density at radius 3 is 2.88 bits per heavy atom. The summed E-state index contributed by atoms with van der Waals surface area (Å²) in [6.07, 6.45) is 0.227. The molecular formula is C18H21N3O5. The lowest BCUT2D eigenvalue weighted by molar-refractivity contribution is -0.144. The second-order valence-corrected chi connectivity index (χ2v) is 6.05. The van der Waals surface area contributed by atoms with Crippen molar-refractivity contribution < 1.29 is 24.2 Å². The van der Waals surface area contributed by atoms with Crippen LogP contribution < -0.4 is 10.1 Å². The number of nitrogens with zero attached hydrogens (tertiary/aromatic N) is 2. The van der Waals surface area contributed by atoms with Gasteiger partial charge >= 0.3 is 5.97 Å². The van der Waals surface area contributed by atoms with Crippen LogP contribution >= 0.6 is 0 Å². The summed E-state index contributed by atoms with van der Waals surface area (Å²) in [5.41, 5.74) is 2.32. The lowest BCUT2D eigenvalue weighted by Gasteiger charge is -2.24. The first-order valence-corrected chi connectivity index (χ1v) is 8.34. The average Bonchev–Trinajstić information content (AvgIpc) is 2.89. The minimum atomic E-state index is -0.420. The fourth-order valence-electron chi connectivity index (χ4n) is 3.27. The third-order valence-electron chi connectivity index (χ3n) is 4.36. The third-order valence-corrected chi connectivity index (χ3v) is 4.36. The van der Waals surface area contributed by atoms with Crippen LogP contribution in [0.25, 0.3) is 0 Å². The van der Waals surface area contributed by atoms with E-state index in [1.165, 1.54) is 11.8 Å².